The maximum Gasteiger partial charge on any atom is 0.128 e. The number of nitrogens with one attached hydrogen (secondary N) is 1. The van der Waals surface area contributed by atoms with E-state index in [0.29, 0.717) is 12.1 Å². The standard InChI is InChI=1S/C15H20FN3/c1-15(2,3)18-9-13-8-17-11-19(13)10-12-6-4-5-7-14(12)16/h4-8,11,18H,9-10H2,1-3H3. The molecular weight excluding hydrogens is 241 g/mol. The molecule has 1 aromatic carbocycles. The van der Waals surface area contributed by atoms with Crippen molar-refractivity contribution in [1.82, 2.24) is 14.9 Å². The van der Waals surface area contributed by atoms with Gasteiger partial charge in [0.2, 0.25) is 0 Å². The Morgan fingerprint density at radius 3 is 2.68 bits per heavy atom. The maximum absolute atomic E-state index is 13.6. The molecular formula is C15H20FN3. The molecule has 1 N–H and O–H groups in total. The second-order valence-electron chi connectivity index (χ2n) is 5.71. The minimum Gasteiger partial charge on any atom is -0.329 e. The molecule has 0 atom stereocenters. The number of nitrogens with zero attached hydrogens (tertiary/aromatic N) is 2. The molecule has 0 bridgehead atoms. The number of hydrogen-bond donors (Lipinski definition) is 1. The third kappa shape index (κ3) is 3.89. The van der Waals surface area contributed by atoms with Crippen LogP contribution in [-0.2, 0) is 13.1 Å². The predicted octanol–water partition coefficient (Wildman–Crippen LogP) is 2.96. The van der Waals surface area contributed by atoms with Gasteiger partial charge in [0.05, 0.1) is 18.6 Å². The van der Waals surface area contributed by atoms with Crippen molar-refractivity contribution in [3.8, 4) is 0 Å². The van der Waals surface area contributed by atoms with Crippen LogP contribution >= 0.6 is 0 Å². The summed E-state index contributed by atoms with van der Waals surface area (Å²) in [5, 5.41) is 3.41. The fourth-order valence-electron chi connectivity index (χ4n) is 1.80. The number of imidazole rings is 1. The van der Waals surface area contributed by atoms with Crippen LogP contribution in [0.5, 0.6) is 0 Å². The Kier molecular flexibility index (Phi) is 4.00. The van der Waals surface area contributed by atoms with Gasteiger partial charge in [0.1, 0.15) is 5.82 Å². The monoisotopic (exact) mass is 261 g/mol. The largest absolute Gasteiger partial charge is 0.329 e. The van der Waals surface area contributed by atoms with Crippen LogP contribution in [0.3, 0.4) is 0 Å². The van der Waals surface area contributed by atoms with Gasteiger partial charge in [-0.25, -0.2) is 9.37 Å². The van der Waals surface area contributed by atoms with Gasteiger partial charge in [0.15, 0.2) is 0 Å². The Labute approximate surface area is 113 Å². The lowest BCUT2D eigenvalue weighted by atomic mass is 10.1. The van der Waals surface area contributed by atoms with Gasteiger partial charge in [-0.2, -0.15) is 0 Å². The summed E-state index contributed by atoms with van der Waals surface area (Å²) in [6.07, 6.45) is 3.56. The first-order valence-electron chi connectivity index (χ1n) is 6.43. The highest BCUT2D eigenvalue weighted by Gasteiger charge is 2.11. The molecule has 2 rings (SSSR count). The Balaban J connectivity index is 2.10. The zero-order chi connectivity index (χ0) is 13.9. The summed E-state index contributed by atoms with van der Waals surface area (Å²) in [6.45, 7) is 7.57. The second-order valence-corrected chi connectivity index (χ2v) is 5.71. The van der Waals surface area contributed by atoms with Gasteiger partial charge >= 0.3 is 0 Å². The van der Waals surface area contributed by atoms with Crippen molar-refractivity contribution >= 4 is 0 Å². The lowest BCUT2D eigenvalue weighted by Crippen LogP contribution is -2.35. The Bertz CT molecular complexity index is 540. The van der Waals surface area contributed by atoms with Crippen LogP contribution in [0.4, 0.5) is 4.39 Å². The molecule has 0 saturated heterocycles. The van der Waals surface area contributed by atoms with E-state index in [1.54, 1.807) is 18.5 Å². The van der Waals surface area contributed by atoms with Crippen molar-refractivity contribution in [2.45, 2.75) is 39.4 Å². The summed E-state index contributed by atoms with van der Waals surface area (Å²) in [7, 11) is 0. The minimum absolute atomic E-state index is 0.0487. The molecule has 0 amide bonds. The third-order valence-electron chi connectivity index (χ3n) is 2.90. The summed E-state index contributed by atoms with van der Waals surface area (Å²) in [6, 6.07) is 6.84. The van der Waals surface area contributed by atoms with Crippen LogP contribution in [-0.4, -0.2) is 15.1 Å². The van der Waals surface area contributed by atoms with Crippen molar-refractivity contribution in [3.05, 3.63) is 53.9 Å². The molecule has 0 unspecified atom stereocenters. The Morgan fingerprint density at radius 2 is 2.00 bits per heavy atom. The van der Waals surface area contributed by atoms with Gasteiger partial charge in [-0.1, -0.05) is 18.2 Å². The number of benzene rings is 1. The van der Waals surface area contributed by atoms with Crippen LogP contribution in [0.2, 0.25) is 0 Å². The molecule has 0 saturated carbocycles. The van der Waals surface area contributed by atoms with E-state index in [4.69, 9.17) is 0 Å². The van der Waals surface area contributed by atoms with Gasteiger partial charge in [-0.05, 0) is 26.8 Å². The first-order valence-corrected chi connectivity index (χ1v) is 6.43. The highest BCUT2D eigenvalue weighted by atomic mass is 19.1. The average molecular weight is 261 g/mol. The quantitative estimate of drug-likeness (QED) is 0.917. The molecule has 3 nitrogen and oxygen atoms in total. The molecule has 0 spiro atoms. The third-order valence-corrected chi connectivity index (χ3v) is 2.90. The molecule has 2 aromatic rings. The molecule has 0 aliphatic carbocycles. The van der Waals surface area contributed by atoms with E-state index in [-0.39, 0.29) is 11.4 Å². The van der Waals surface area contributed by atoms with E-state index >= 15 is 0 Å². The molecule has 0 fully saturated rings. The minimum atomic E-state index is -0.175. The molecule has 1 heterocycles. The summed E-state index contributed by atoms with van der Waals surface area (Å²) >= 11 is 0. The maximum atomic E-state index is 13.6. The number of halogens is 1. The molecule has 0 aliphatic heterocycles. The zero-order valence-corrected chi connectivity index (χ0v) is 11.7. The van der Waals surface area contributed by atoms with Crippen molar-refractivity contribution in [1.29, 1.82) is 0 Å². The SMILES string of the molecule is CC(C)(C)NCc1cncn1Cc1ccccc1F. The number of rotatable bonds is 4. The van der Waals surface area contributed by atoms with Gasteiger partial charge in [-0.15, -0.1) is 0 Å². The molecule has 19 heavy (non-hydrogen) atoms. The van der Waals surface area contributed by atoms with E-state index in [2.05, 4.69) is 31.1 Å². The second kappa shape index (κ2) is 5.53. The first kappa shape index (κ1) is 13.7. The average Bonchev–Trinajstić information content (AvgIpc) is 2.76. The number of aromatic nitrogens is 2. The van der Waals surface area contributed by atoms with Crippen LogP contribution < -0.4 is 5.32 Å². The molecule has 4 heteroatoms. The smallest absolute Gasteiger partial charge is 0.128 e. The topological polar surface area (TPSA) is 29.9 Å². The van der Waals surface area contributed by atoms with Crippen LogP contribution in [0.1, 0.15) is 32.0 Å². The van der Waals surface area contributed by atoms with E-state index < -0.39 is 0 Å². The molecule has 0 radical (unpaired) electrons. The fraction of sp³-hybridized carbons (Fsp3) is 0.400. The van der Waals surface area contributed by atoms with Crippen LogP contribution in [0.25, 0.3) is 0 Å². The highest BCUT2D eigenvalue weighted by molar-refractivity contribution is 5.18. The summed E-state index contributed by atoms with van der Waals surface area (Å²) in [5.74, 6) is -0.175. The lowest BCUT2D eigenvalue weighted by Gasteiger charge is -2.21. The Hall–Kier alpha value is -1.68. The van der Waals surface area contributed by atoms with E-state index in [0.717, 1.165) is 12.2 Å². The summed E-state index contributed by atoms with van der Waals surface area (Å²) in [4.78, 5) is 4.15. The van der Waals surface area contributed by atoms with E-state index in [1.165, 1.54) is 6.07 Å². The van der Waals surface area contributed by atoms with Gasteiger partial charge < -0.3 is 9.88 Å². The van der Waals surface area contributed by atoms with Crippen molar-refractivity contribution in [3.63, 3.8) is 0 Å². The Morgan fingerprint density at radius 1 is 1.26 bits per heavy atom. The zero-order valence-electron chi connectivity index (χ0n) is 11.7. The lowest BCUT2D eigenvalue weighted by molar-refractivity contribution is 0.416. The summed E-state index contributed by atoms with van der Waals surface area (Å²) in [5.41, 5.74) is 1.78. The van der Waals surface area contributed by atoms with Crippen molar-refractivity contribution in [2.75, 3.05) is 0 Å². The predicted molar refractivity (Wildman–Crippen MR) is 74.3 cm³/mol. The highest BCUT2D eigenvalue weighted by Crippen LogP contribution is 2.11. The van der Waals surface area contributed by atoms with E-state index in [9.17, 15) is 4.39 Å². The fourth-order valence-corrected chi connectivity index (χ4v) is 1.80. The normalized spacial score (nSPS) is 11.8. The molecule has 1 aromatic heterocycles. The van der Waals surface area contributed by atoms with Crippen molar-refractivity contribution in [2.24, 2.45) is 0 Å². The van der Waals surface area contributed by atoms with Crippen LogP contribution in [0, 0.1) is 5.82 Å². The molecule has 102 valence electrons. The van der Waals surface area contributed by atoms with Gasteiger partial charge in [0.25, 0.3) is 0 Å². The van der Waals surface area contributed by atoms with Crippen molar-refractivity contribution < 1.29 is 4.39 Å². The van der Waals surface area contributed by atoms with Crippen LogP contribution in [0.15, 0.2) is 36.8 Å². The van der Waals surface area contributed by atoms with Gasteiger partial charge in [0, 0.05) is 23.8 Å². The summed E-state index contributed by atoms with van der Waals surface area (Å²) < 4.78 is 15.6. The van der Waals surface area contributed by atoms with E-state index in [1.807, 2.05) is 16.8 Å². The molecule has 0 aliphatic rings. The number of hydrogen-bond acceptors (Lipinski definition) is 2. The van der Waals surface area contributed by atoms with Gasteiger partial charge in [-0.3, -0.25) is 0 Å². The first-order chi connectivity index (χ1) is 8.96.